The topological polar surface area (TPSA) is 49.7 Å². The summed E-state index contributed by atoms with van der Waals surface area (Å²) in [5.41, 5.74) is 0.0573. The van der Waals surface area contributed by atoms with Crippen molar-refractivity contribution in [3.63, 3.8) is 0 Å². The predicted molar refractivity (Wildman–Crippen MR) is 62.9 cm³/mol. The van der Waals surface area contributed by atoms with Crippen LogP contribution in [0.25, 0.3) is 0 Å². The van der Waals surface area contributed by atoms with E-state index in [9.17, 15) is 12.8 Å². The fourth-order valence-corrected chi connectivity index (χ4v) is 3.63. The van der Waals surface area contributed by atoms with Crippen LogP contribution in [0.5, 0.6) is 0 Å². The molecule has 0 saturated carbocycles. The van der Waals surface area contributed by atoms with Crippen LogP contribution in [0.4, 0.5) is 10.1 Å². The number of hydrogen-bond acceptors (Lipinski definition) is 4. The third kappa shape index (κ3) is 1.60. The number of para-hydroxylation sites is 1. The highest BCUT2D eigenvalue weighted by Gasteiger charge is 2.30. The van der Waals surface area contributed by atoms with Gasteiger partial charge in [0.1, 0.15) is 10.7 Å². The molecule has 0 radical (unpaired) electrons. The van der Waals surface area contributed by atoms with Crippen molar-refractivity contribution in [3.8, 4) is 0 Å². The molecule has 0 fully saturated rings. The van der Waals surface area contributed by atoms with Gasteiger partial charge in [-0.25, -0.2) is 4.39 Å². The van der Waals surface area contributed by atoms with Crippen molar-refractivity contribution in [2.45, 2.75) is 4.90 Å². The summed E-state index contributed by atoms with van der Waals surface area (Å²) >= 11 is 1.16. The Bertz CT molecular complexity index is 569. The van der Waals surface area contributed by atoms with Crippen LogP contribution in [0.3, 0.4) is 0 Å². The van der Waals surface area contributed by atoms with E-state index in [0.717, 1.165) is 11.8 Å². The number of halogens is 1. The molecule has 1 aromatic carbocycles. The summed E-state index contributed by atoms with van der Waals surface area (Å²) in [6, 6.07) is 3.94. The molecule has 1 aliphatic rings. The van der Waals surface area contributed by atoms with Gasteiger partial charge in [-0.15, -0.1) is 4.40 Å². The van der Waals surface area contributed by atoms with Crippen molar-refractivity contribution in [2.75, 3.05) is 18.2 Å². The van der Waals surface area contributed by atoms with E-state index in [1.54, 1.807) is 13.3 Å². The molecular weight excluding hydrogens is 251 g/mol. The first kappa shape index (κ1) is 11.4. The molecule has 0 saturated heterocycles. The summed E-state index contributed by atoms with van der Waals surface area (Å²) in [6.07, 6.45) is 1.69. The van der Waals surface area contributed by atoms with Crippen LogP contribution in [0, 0.1) is 5.82 Å². The molecule has 0 amide bonds. The standard InChI is InChI=1S/C9H9FN2O2S2/c1-12-8-6(10)4-3-5-7(8)16(13,14)11-9(12)15-2/h3-5H,1-2H3. The Kier molecular flexibility index (Phi) is 2.67. The summed E-state index contributed by atoms with van der Waals surface area (Å²) in [5.74, 6) is -0.565. The number of nitrogens with zero attached hydrogens (tertiary/aromatic N) is 2. The zero-order valence-electron chi connectivity index (χ0n) is 8.64. The summed E-state index contributed by atoms with van der Waals surface area (Å²) in [6.45, 7) is 0. The monoisotopic (exact) mass is 260 g/mol. The lowest BCUT2D eigenvalue weighted by Gasteiger charge is -2.26. The van der Waals surface area contributed by atoms with Crippen LogP contribution < -0.4 is 4.90 Å². The van der Waals surface area contributed by atoms with Gasteiger partial charge in [0.25, 0.3) is 10.0 Å². The van der Waals surface area contributed by atoms with Crippen LogP contribution >= 0.6 is 11.8 Å². The van der Waals surface area contributed by atoms with Gasteiger partial charge in [-0.3, -0.25) is 0 Å². The van der Waals surface area contributed by atoms with Crippen molar-refractivity contribution in [2.24, 2.45) is 4.40 Å². The molecule has 0 atom stereocenters. The van der Waals surface area contributed by atoms with Gasteiger partial charge in [0, 0.05) is 7.05 Å². The molecule has 4 nitrogen and oxygen atoms in total. The SMILES string of the molecule is CSC1=NS(=O)(=O)c2cccc(F)c2N1C. The van der Waals surface area contributed by atoms with Crippen molar-refractivity contribution in [1.29, 1.82) is 0 Å². The lowest BCUT2D eigenvalue weighted by molar-refractivity contribution is 0.591. The summed E-state index contributed by atoms with van der Waals surface area (Å²) < 4.78 is 40.7. The normalized spacial score (nSPS) is 17.9. The highest BCUT2D eigenvalue weighted by atomic mass is 32.2. The second-order valence-electron chi connectivity index (χ2n) is 3.20. The summed E-state index contributed by atoms with van der Waals surface area (Å²) in [4.78, 5) is 1.35. The number of thioether (sulfide) groups is 1. The molecule has 0 aliphatic carbocycles. The van der Waals surface area contributed by atoms with Gasteiger partial charge in [-0.2, -0.15) is 8.42 Å². The Morgan fingerprint density at radius 3 is 2.75 bits per heavy atom. The minimum absolute atomic E-state index is 0.0573. The number of sulfonamides is 1. The van der Waals surface area contributed by atoms with E-state index in [1.165, 1.54) is 23.1 Å². The number of fused-ring (bicyclic) bond motifs is 1. The molecule has 16 heavy (non-hydrogen) atoms. The van der Waals surface area contributed by atoms with Crippen molar-refractivity contribution in [1.82, 2.24) is 0 Å². The maximum Gasteiger partial charge on any atom is 0.286 e. The van der Waals surface area contributed by atoms with Crippen LogP contribution in [0.15, 0.2) is 27.5 Å². The second-order valence-corrected chi connectivity index (χ2v) is 5.54. The van der Waals surface area contributed by atoms with E-state index in [2.05, 4.69) is 4.40 Å². The summed E-state index contributed by atoms with van der Waals surface area (Å²) in [7, 11) is -2.18. The number of amidine groups is 1. The Labute approximate surface area is 97.2 Å². The quantitative estimate of drug-likeness (QED) is 0.712. The molecule has 0 aromatic heterocycles. The molecule has 1 aromatic rings. The van der Waals surface area contributed by atoms with Crippen LogP contribution in [0.1, 0.15) is 0 Å². The van der Waals surface area contributed by atoms with Crippen LogP contribution in [0.2, 0.25) is 0 Å². The Balaban J connectivity index is 2.77. The molecule has 1 aliphatic heterocycles. The first-order valence-corrected chi connectivity index (χ1v) is 7.05. The third-order valence-corrected chi connectivity index (χ3v) is 4.38. The molecule has 7 heteroatoms. The largest absolute Gasteiger partial charge is 0.320 e. The van der Waals surface area contributed by atoms with Crippen LogP contribution in [-0.2, 0) is 10.0 Å². The first-order chi connectivity index (χ1) is 7.47. The molecule has 86 valence electrons. The van der Waals surface area contributed by atoms with E-state index >= 15 is 0 Å². The van der Waals surface area contributed by atoms with Crippen molar-refractivity contribution < 1.29 is 12.8 Å². The molecule has 0 unspecified atom stereocenters. The maximum atomic E-state index is 13.6. The zero-order chi connectivity index (χ0) is 11.9. The van der Waals surface area contributed by atoms with Gasteiger partial charge >= 0.3 is 0 Å². The Hall–Kier alpha value is -1.08. The van der Waals surface area contributed by atoms with Gasteiger partial charge in [-0.05, 0) is 18.4 Å². The van der Waals surface area contributed by atoms with Gasteiger partial charge in [-0.1, -0.05) is 17.8 Å². The molecule has 0 spiro atoms. The van der Waals surface area contributed by atoms with Crippen molar-refractivity contribution in [3.05, 3.63) is 24.0 Å². The van der Waals surface area contributed by atoms with Gasteiger partial charge < -0.3 is 4.90 Å². The predicted octanol–water partition coefficient (Wildman–Crippen LogP) is 1.68. The zero-order valence-corrected chi connectivity index (χ0v) is 10.3. The van der Waals surface area contributed by atoms with E-state index in [1.807, 2.05) is 0 Å². The fourth-order valence-electron chi connectivity index (χ4n) is 1.51. The molecular formula is C9H9FN2O2S2. The first-order valence-electron chi connectivity index (χ1n) is 4.38. The van der Waals surface area contributed by atoms with E-state index in [-0.39, 0.29) is 15.8 Å². The van der Waals surface area contributed by atoms with E-state index in [4.69, 9.17) is 0 Å². The second kappa shape index (κ2) is 3.74. The Morgan fingerprint density at radius 1 is 1.44 bits per heavy atom. The van der Waals surface area contributed by atoms with E-state index in [0.29, 0.717) is 0 Å². The highest BCUT2D eigenvalue weighted by Crippen LogP contribution is 2.34. The fraction of sp³-hybridized carbons (Fsp3) is 0.222. The third-order valence-electron chi connectivity index (χ3n) is 2.23. The average molecular weight is 260 g/mol. The van der Waals surface area contributed by atoms with E-state index < -0.39 is 15.8 Å². The number of hydrogen-bond donors (Lipinski definition) is 0. The smallest absolute Gasteiger partial charge is 0.286 e. The molecule has 0 bridgehead atoms. The minimum atomic E-state index is -3.77. The highest BCUT2D eigenvalue weighted by molar-refractivity contribution is 8.14. The number of rotatable bonds is 0. The average Bonchev–Trinajstić information content (AvgIpc) is 2.23. The minimum Gasteiger partial charge on any atom is -0.320 e. The molecule has 2 rings (SSSR count). The Morgan fingerprint density at radius 2 is 2.12 bits per heavy atom. The van der Waals surface area contributed by atoms with Crippen LogP contribution in [-0.4, -0.2) is 26.9 Å². The lowest BCUT2D eigenvalue weighted by Crippen LogP contribution is -2.30. The van der Waals surface area contributed by atoms with Gasteiger partial charge in [0.2, 0.25) is 0 Å². The molecule has 1 heterocycles. The number of anilines is 1. The lowest BCUT2D eigenvalue weighted by atomic mass is 10.3. The van der Waals surface area contributed by atoms with Crippen molar-refractivity contribution >= 4 is 32.6 Å². The molecule has 0 N–H and O–H groups in total. The van der Waals surface area contributed by atoms with Gasteiger partial charge in [0.05, 0.1) is 5.69 Å². The maximum absolute atomic E-state index is 13.6. The number of benzene rings is 1. The summed E-state index contributed by atoms with van der Waals surface area (Å²) in [5, 5.41) is 0.262. The van der Waals surface area contributed by atoms with Gasteiger partial charge in [0.15, 0.2) is 5.17 Å².